The zero-order valence-corrected chi connectivity index (χ0v) is 15.9. The third-order valence-corrected chi connectivity index (χ3v) is 4.91. The van der Waals surface area contributed by atoms with E-state index in [2.05, 4.69) is 27.7 Å². The number of carbonyl (C=O) groups is 1. The van der Waals surface area contributed by atoms with Gasteiger partial charge in [0, 0.05) is 31.8 Å². The van der Waals surface area contributed by atoms with Gasteiger partial charge in [-0.15, -0.1) is 0 Å². The lowest BCUT2D eigenvalue weighted by Crippen LogP contribution is -2.34. The number of non-ortho nitro benzene ring substituents is 1. The molecular weight excluding hydrogens is 356 g/mol. The van der Waals surface area contributed by atoms with Crippen molar-refractivity contribution in [3.8, 4) is 0 Å². The van der Waals surface area contributed by atoms with Crippen LogP contribution in [0.2, 0.25) is 0 Å². The maximum absolute atomic E-state index is 12.0. The molecule has 28 heavy (non-hydrogen) atoms. The second-order valence-electron chi connectivity index (χ2n) is 7.12. The summed E-state index contributed by atoms with van der Waals surface area (Å²) >= 11 is 0. The van der Waals surface area contributed by atoms with Gasteiger partial charge in [-0.2, -0.15) is 0 Å². The SMILES string of the molecule is O=C(NCc1ccc(CN2CCCCC2)cc1)NCc1cccc([N+](=O)[O-])c1. The molecule has 0 aliphatic carbocycles. The fourth-order valence-corrected chi connectivity index (χ4v) is 3.35. The first-order valence-electron chi connectivity index (χ1n) is 9.65. The number of nitrogens with one attached hydrogen (secondary N) is 2. The van der Waals surface area contributed by atoms with Gasteiger partial charge in [-0.1, -0.05) is 42.8 Å². The highest BCUT2D eigenvalue weighted by atomic mass is 16.6. The molecular formula is C21H26N4O3. The molecule has 148 valence electrons. The van der Waals surface area contributed by atoms with Crippen molar-refractivity contribution in [2.45, 2.75) is 38.9 Å². The Bertz CT molecular complexity index is 802. The van der Waals surface area contributed by atoms with E-state index in [9.17, 15) is 14.9 Å². The van der Waals surface area contributed by atoms with Crippen molar-refractivity contribution < 1.29 is 9.72 Å². The van der Waals surface area contributed by atoms with Gasteiger partial charge in [0.2, 0.25) is 0 Å². The summed E-state index contributed by atoms with van der Waals surface area (Å²) in [5.74, 6) is 0. The minimum Gasteiger partial charge on any atom is -0.334 e. The van der Waals surface area contributed by atoms with Gasteiger partial charge in [0.05, 0.1) is 4.92 Å². The maximum Gasteiger partial charge on any atom is 0.315 e. The number of nitro groups is 1. The minimum atomic E-state index is -0.446. The number of piperidine rings is 1. The molecule has 1 aliphatic heterocycles. The molecule has 1 saturated heterocycles. The van der Waals surface area contributed by atoms with Gasteiger partial charge < -0.3 is 10.6 Å². The van der Waals surface area contributed by atoms with Crippen LogP contribution in [0.25, 0.3) is 0 Å². The Kier molecular flexibility index (Phi) is 6.97. The fraction of sp³-hybridized carbons (Fsp3) is 0.381. The van der Waals surface area contributed by atoms with Crippen molar-refractivity contribution in [2.75, 3.05) is 13.1 Å². The highest BCUT2D eigenvalue weighted by Crippen LogP contribution is 2.14. The van der Waals surface area contributed by atoms with Gasteiger partial charge >= 0.3 is 6.03 Å². The van der Waals surface area contributed by atoms with Crippen molar-refractivity contribution in [3.05, 3.63) is 75.3 Å². The molecule has 2 aromatic carbocycles. The van der Waals surface area contributed by atoms with Crippen LogP contribution in [0.4, 0.5) is 10.5 Å². The molecule has 7 heteroatoms. The van der Waals surface area contributed by atoms with Crippen LogP contribution >= 0.6 is 0 Å². The summed E-state index contributed by atoms with van der Waals surface area (Å²) in [5.41, 5.74) is 3.03. The van der Waals surface area contributed by atoms with E-state index in [0.29, 0.717) is 12.1 Å². The topological polar surface area (TPSA) is 87.5 Å². The van der Waals surface area contributed by atoms with Crippen molar-refractivity contribution >= 4 is 11.7 Å². The van der Waals surface area contributed by atoms with Crippen LogP contribution < -0.4 is 10.6 Å². The van der Waals surface area contributed by atoms with Gasteiger partial charge in [-0.3, -0.25) is 15.0 Å². The van der Waals surface area contributed by atoms with Crippen molar-refractivity contribution in [1.29, 1.82) is 0 Å². The number of nitrogens with zero attached hydrogens (tertiary/aromatic N) is 2. The Hall–Kier alpha value is -2.93. The zero-order chi connectivity index (χ0) is 19.8. The molecule has 0 saturated carbocycles. The van der Waals surface area contributed by atoms with Crippen LogP contribution in [-0.2, 0) is 19.6 Å². The zero-order valence-electron chi connectivity index (χ0n) is 15.9. The molecule has 0 spiro atoms. The smallest absolute Gasteiger partial charge is 0.315 e. The highest BCUT2D eigenvalue weighted by Gasteiger charge is 2.10. The molecule has 1 heterocycles. The highest BCUT2D eigenvalue weighted by molar-refractivity contribution is 5.73. The quantitative estimate of drug-likeness (QED) is 0.566. The van der Waals surface area contributed by atoms with E-state index in [1.165, 1.54) is 50.0 Å². The second-order valence-corrected chi connectivity index (χ2v) is 7.12. The Morgan fingerprint density at radius 1 is 0.929 bits per heavy atom. The van der Waals surface area contributed by atoms with Crippen LogP contribution in [0.3, 0.4) is 0 Å². The molecule has 1 fully saturated rings. The van der Waals surface area contributed by atoms with Crippen LogP contribution in [0.15, 0.2) is 48.5 Å². The maximum atomic E-state index is 12.0. The largest absolute Gasteiger partial charge is 0.334 e. The van der Waals surface area contributed by atoms with Crippen LogP contribution in [0.5, 0.6) is 0 Å². The lowest BCUT2D eigenvalue weighted by molar-refractivity contribution is -0.384. The number of nitro benzene ring substituents is 1. The molecule has 0 aromatic heterocycles. The predicted octanol–water partition coefficient (Wildman–Crippen LogP) is 3.58. The molecule has 2 N–H and O–H groups in total. The average molecular weight is 382 g/mol. The van der Waals surface area contributed by atoms with E-state index in [4.69, 9.17) is 0 Å². The van der Waals surface area contributed by atoms with E-state index >= 15 is 0 Å². The summed E-state index contributed by atoms with van der Waals surface area (Å²) in [6.07, 6.45) is 3.91. The molecule has 2 aromatic rings. The van der Waals surface area contributed by atoms with Crippen LogP contribution in [-0.4, -0.2) is 28.9 Å². The monoisotopic (exact) mass is 382 g/mol. The predicted molar refractivity (Wildman–Crippen MR) is 108 cm³/mol. The fourth-order valence-electron chi connectivity index (χ4n) is 3.35. The summed E-state index contributed by atoms with van der Waals surface area (Å²) in [5, 5.41) is 16.3. The first-order valence-corrected chi connectivity index (χ1v) is 9.65. The number of urea groups is 1. The van der Waals surface area contributed by atoms with Gasteiger partial charge in [-0.25, -0.2) is 4.79 Å². The van der Waals surface area contributed by atoms with E-state index < -0.39 is 4.92 Å². The lowest BCUT2D eigenvalue weighted by Gasteiger charge is -2.26. The first-order chi connectivity index (χ1) is 13.6. The molecule has 0 unspecified atom stereocenters. The average Bonchev–Trinajstić information content (AvgIpc) is 2.73. The number of likely N-dealkylation sites (tertiary alicyclic amines) is 1. The summed E-state index contributed by atoms with van der Waals surface area (Å²) in [7, 11) is 0. The normalized spacial score (nSPS) is 14.4. The van der Waals surface area contributed by atoms with Gasteiger partial charge in [0.25, 0.3) is 5.69 Å². The van der Waals surface area contributed by atoms with Crippen LogP contribution in [0.1, 0.15) is 36.0 Å². The second kappa shape index (κ2) is 9.85. The van der Waals surface area contributed by atoms with E-state index in [-0.39, 0.29) is 18.3 Å². The molecule has 0 atom stereocenters. The number of benzene rings is 2. The summed E-state index contributed by atoms with van der Waals surface area (Å²) in [6.45, 7) is 4.01. The third-order valence-electron chi connectivity index (χ3n) is 4.91. The molecule has 2 amide bonds. The van der Waals surface area contributed by atoms with Crippen LogP contribution in [0, 0.1) is 10.1 Å². The Morgan fingerprint density at radius 3 is 2.25 bits per heavy atom. The number of amides is 2. The Balaban J connectivity index is 1.41. The van der Waals surface area contributed by atoms with Gasteiger partial charge in [-0.05, 0) is 42.6 Å². The van der Waals surface area contributed by atoms with E-state index in [1.54, 1.807) is 12.1 Å². The molecule has 7 nitrogen and oxygen atoms in total. The number of carbonyl (C=O) groups excluding carboxylic acids is 1. The number of rotatable bonds is 7. The number of hydrogen-bond donors (Lipinski definition) is 2. The summed E-state index contributed by atoms with van der Waals surface area (Å²) < 4.78 is 0. The van der Waals surface area contributed by atoms with Gasteiger partial charge in [0.1, 0.15) is 0 Å². The molecule has 1 aliphatic rings. The Morgan fingerprint density at radius 2 is 1.57 bits per heavy atom. The summed E-state index contributed by atoms with van der Waals surface area (Å²) in [6, 6.07) is 14.3. The molecule has 0 bridgehead atoms. The minimum absolute atomic E-state index is 0.0179. The molecule has 0 radical (unpaired) electrons. The van der Waals surface area contributed by atoms with Crippen molar-refractivity contribution in [3.63, 3.8) is 0 Å². The first kappa shape index (κ1) is 19.8. The lowest BCUT2D eigenvalue weighted by atomic mass is 10.1. The standard InChI is InChI=1S/C21H26N4O3/c26-21(23-15-19-5-4-6-20(13-19)25(27)28)22-14-17-7-9-18(10-8-17)16-24-11-2-1-3-12-24/h4-10,13H,1-3,11-12,14-16H2,(H2,22,23,26). The molecule has 3 rings (SSSR count). The number of hydrogen-bond acceptors (Lipinski definition) is 4. The Labute approximate surface area is 164 Å². The summed E-state index contributed by atoms with van der Waals surface area (Å²) in [4.78, 5) is 24.8. The van der Waals surface area contributed by atoms with E-state index in [1.807, 2.05) is 12.1 Å². The van der Waals surface area contributed by atoms with Gasteiger partial charge in [0.15, 0.2) is 0 Å². The van der Waals surface area contributed by atoms with E-state index in [0.717, 1.165) is 12.1 Å². The van der Waals surface area contributed by atoms with Crippen molar-refractivity contribution in [2.24, 2.45) is 0 Å². The van der Waals surface area contributed by atoms with Crippen molar-refractivity contribution in [1.82, 2.24) is 15.5 Å². The third kappa shape index (κ3) is 6.06.